The van der Waals surface area contributed by atoms with Crippen LogP contribution in [0.2, 0.25) is 0 Å². The second kappa shape index (κ2) is 6.76. The zero-order valence-corrected chi connectivity index (χ0v) is 13.3. The average Bonchev–Trinajstić information content (AvgIpc) is 2.42. The Bertz CT molecular complexity index is 588. The Morgan fingerprint density at radius 2 is 1.90 bits per heavy atom. The van der Waals surface area contributed by atoms with Crippen LogP contribution in [-0.4, -0.2) is 40.2 Å². The van der Waals surface area contributed by atoms with Crippen LogP contribution < -0.4 is 5.32 Å². The Kier molecular flexibility index (Phi) is 5.02. The van der Waals surface area contributed by atoms with Crippen molar-refractivity contribution in [1.82, 2.24) is 9.88 Å². The summed E-state index contributed by atoms with van der Waals surface area (Å²) < 4.78 is 0. The molecule has 4 nitrogen and oxygen atoms in total. The molecule has 0 fully saturated rings. The van der Waals surface area contributed by atoms with E-state index in [2.05, 4.69) is 42.9 Å². The Labute approximate surface area is 126 Å². The number of fused-ring (bicyclic) bond motifs is 1. The smallest absolute Gasteiger partial charge is 0.118 e. The highest BCUT2D eigenvalue weighted by Crippen LogP contribution is 2.26. The van der Waals surface area contributed by atoms with Crippen LogP contribution in [0.15, 0.2) is 30.5 Å². The van der Waals surface area contributed by atoms with Crippen molar-refractivity contribution in [3.63, 3.8) is 0 Å². The first kappa shape index (κ1) is 15.6. The quantitative estimate of drug-likeness (QED) is 0.854. The molecule has 0 amide bonds. The van der Waals surface area contributed by atoms with Crippen molar-refractivity contribution in [2.75, 3.05) is 18.4 Å². The summed E-state index contributed by atoms with van der Waals surface area (Å²) in [7, 11) is 0. The van der Waals surface area contributed by atoms with Gasteiger partial charge in [-0.2, -0.15) is 0 Å². The van der Waals surface area contributed by atoms with E-state index in [1.54, 1.807) is 18.3 Å². The number of rotatable bonds is 6. The first-order valence-electron chi connectivity index (χ1n) is 7.56. The first-order valence-corrected chi connectivity index (χ1v) is 7.56. The van der Waals surface area contributed by atoms with Gasteiger partial charge >= 0.3 is 0 Å². The van der Waals surface area contributed by atoms with Gasteiger partial charge in [0.05, 0.1) is 11.2 Å². The molecule has 2 rings (SSSR count). The van der Waals surface area contributed by atoms with E-state index in [0.717, 1.165) is 29.7 Å². The van der Waals surface area contributed by atoms with E-state index in [1.807, 2.05) is 12.1 Å². The van der Waals surface area contributed by atoms with E-state index < -0.39 is 0 Å². The molecule has 0 unspecified atom stereocenters. The SMILES string of the molecule is CC(C)N(CCNc1cc(O)cc2cccnc12)C(C)C. The number of nitrogens with zero attached hydrogens (tertiary/aromatic N) is 2. The van der Waals surface area contributed by atoms with Crippen molar-refractivity contribution in [2.45, 2.75) is 39.8 Å². The lowest BCUT2D eigenvalue weighted by Gasteiger charge is -2.30. The third-order valence-electron chi connectivity index (χ3n) is 3.70. The van der Waals surface area contributed by atoms with E-state index in [0.29, 0.717) is 12.1 Å². The van der Waals surface area contributed by atoms with Gasteiger partial charge in [-0.15, -0.1) is 0 Å². The maximum absolute atomic E-state index is 9.82. The van der Waals surface area contributed by atoms with Crippen LogP contribution in [0.3, 0.4) is 0 Å². The normalized spacial score (nSPS) is 11.8. The number of hydrogen-bond acceptors (Lipinski definition) is 4. The van der Waals surface area contributed by atoms with Crippen molar-refractivity contribution in [2.24, 2.45) is 0 Å². The number of aromatic hydroxyl groups is 1. The lowest BCUT2D eigenvalue weighted by Crippen LogP contribution is -2.40. The molecule has 0 atom stereocenters. The van der Waals surface area contributed by atoms with Crippen LogP contribution in [-0.2, 0) is 0 Å². The van der Waals surface area contributed by atoms with Gasteiger partial charge in [0.15, 0.2) is 0 Å². The number of nitrogens with one attached hydrogen (secondary N) is 1. The van der Waals surface area contributed by atoms with Crippen molar-refractivity contribution < 1.29 is 5.11 Å². The Balaban J connectivity index is 2.10. The van der Waals surface area contributed by atoms with Crippen LogP contribution in [0.25, 0.3) is 10.9 Å². The minimum absolute atomic E-state index is 0.266. The molecule has 0 aliphatic carbocycles. The Hall–Kier alpha value is -1.81. The van der Waals surface area contributed by atoms with Gasteiger partial charge < -0.3 is 10.4 Å². The van der Waals surface area contributed by atoms with Gasteiger partial charge in [-0.1, -0.05) is 6.07 Å². The zero-order chi connectivity index (χ0) is 15.4. The van der Waals surface area contributed by atoms with Crippen LogP contribution in [0, 0.1) is 0 Å². The Morgan fingerprint density at radius 1 is 1.19 bits per heavy atom. The fourth-order valence-electron chi connectivity index (χ4n) is 2.74. The molecule has 0 saturated heterocycles. The van der Waals surface area contributed by atoms with Gasteiger partial charge in [0.2, 0.25) is 0 Å². The second-order valence-electron chi connectivity index (χ2n) is 5.92. The molecule has 2 aromatic rings. The minimum Gasteiger partial charge on any atom is -0.508 e. The molecule has 0 bridgehead atoms. The minimum atomic E-state index is 0.266. The molecule has 0 radical (unpaired) electrons. The molecule has 2 N–H and O–H groups in total. The van der Waals surface area contributed by atoms with Gasteiger partial charge in [-0.05, 0) is 39.8 Å². The summed E-state index contributed by atoms with van der Waals surface area (Å²) in [5.41, 5.74) is 1.79. The lowest BCUT2D eigenvalue weighted by atomic mass is 10.1. The second-order valence-corrected chi connectivity index (χ2v) is 5.92. The van der Waals surface area contributed by atoms with E-state index in [9.17, 15) is 5.11 Å². The molecular formula is C17H25N3O. The molecular weight excluding hydrogens is 262 g/mol. The highest BCUT2D eigenvalue weighted by molar-refractivity contribution is 5.91. The molecule has 0 aliphatic heterocycles. The summed E-state index contributed by atoms with van der Waals surface area (Å²) in [4.78, 5) is 6.84. The topological polar surface area (TPSA) is 48.4 Å². The number of benzene rings is 1. The summed E-state index contributed by atoms with van der Waals surface area (Å²) in [6.07, 6.45) is 1.78. The fraction of sp³-hybridized carbons (Fsp3) is 0.471. The summed E-state index contributed by atoms with van der Waals surface area (Å²) in [5, 5.41) is 14.2. The number of anilines is 1. The maximum Gasteiger partial charge on any atom is 0.118 e. The van der Waals surface area contributed by atoms with Crippen LogP contribution in [0.4, 0.5) is 5.69 Å². The molecule has 114 valence electrons. The highest BCUT2D eigenvalue weighted by atomic mass is 16.3. The van der Waals surface area contributed by atoms with E-state index in [-0.39, 0.29) is 5.75 Å². The molecule has 0 spiro atoms. The van der Waals surface area contributed by atoms with Gasteiger partial charge in [0, 0.05) is 42.8 Å². The molecule has 0 saturated carbocycles. The van der Waals surface area contributed by atoms with Crippen LogP contribution in [0.5, 0.6) is 5.75 Å². The molecule has 1 heterocycles. The van der Waals surface area contributed by atoms with Crippen molar-refractivity contribution in [3.8, 4) is 5.75 Å². The first-order chi connectivity index (χ1) is 9.99. The standard InChI is InChI=1S/C17H25N3O/c1-12(2)20(13(3)4)9-8-18-16-11-15(21)10-14-6-5-7-19-17(14)16/h5-7,10-13,18,21H,8-9H2,1-4H3. The van der Waals surface area contributed by atoms with E-state index in [4.69, 9.17) is 0 Å². The number of hydrogen-bond donors (Lipinski definition) is 2. The fourth-order valence-corrected chi connectivity index (χ4v) is 2.74. The number of phenols is 1. The van der Waals surface area contributed by atoms with Crippen LogP contribution in [0.1, 0.15) is 27.7 Å². The van der Waals surface area contributed by atoms with Crippen molar-refractivity contribution in [3.05, 3.63) is 30.5 Å². The van der Waals surface area contributed by atoms with Gasteiger partial charge in [-0.3, -0.25) is 9.88 Å². The van der Waals surface area contributed by atoms with E-state index in [1.165, 1.54) is 0 Å². The van der Waals surface area contributed by atoms with Crippen molar-refractivity contribution >= 4 is 16.6 Å². The molecule has 4 heteroatoms. The monoisotopic (exact) mass is 287 g/mol. The number of pyridine rings is 1. The highest BCUT2D eigenvalue weighted by Gasteiger charge is 2.13. The number of aromatic nitrogens is 1. The third kappa shape index (κ3) is 3.85. The molecule has 21 heavy (non-hydrogen) atoms. The molecule has 0 aliphatic rings. The maximum atomic E-state index is 9.82. The van der Waals surface area contributed by atoms with E-state index >= 15 is 0 Å². The van der Waals surface area contributed by atoms with Crippen LogP contribution >= 0.6 is 0 Å². The Morgan fingerprint density at radius 3 is 2.57 bits per heavy atom. The molecule has 1 aromatic carbocycles. The van der Waals surface area contributed by atoms with Gasteiger partial charge in [-0.25, -0.2) is 0 Å². The lowest BCUT2D eigenvalue weighted by molar-refractivity contribution is 0.182. The summed E-state index contributed by atoms with van der Waals surface area (Å²) in [6.45, 7) is 10.6. The van der Waals surface area contributed by atoms with Crippen molar-refractivity contribution in [1.29, 1.82) is 0 Å². The number of phenolic OH excluding ortho intramolecular Hbond substituents is 1. The zero-order valence-electron chi connectivity index (χ0n) is 13.3. The largest absolute Gasteiger partial charge is 0.508 e. The predicted octanol–water partition coefficient (Wildman–Crippen LogP) is 3.47. The predicted molar refractivity (Wildman–Crippen MR) is 88.9 cm³/mol. The average molecular weight is 287 g/mol. The summed E-state index contributed by atoms with van der Waals surface area (Å²) in [6, 6.07) is 8.36. The van der Waals surface area contributed by atoms with Gasteiger partial charge in [0.1, 0.15) is 5.75 Å². The third-order valence-corrected chi connectivity index (χ3v) is 3.70. The summed E-state index contributed by atoms with van der Waals surface area (Å²) in [5.74, 6) is 0.266. The van der Waals surface area contributed by atoms with Gasteiger partial charge in [0.25, 0.3) is 0 Å². The molecule has 1 aromatic heterocycles. The summed E-state index contributed by atoms with van der Waals surface area (Å²) >= 11 is 0.